The van der Waals surface area contributed by atoms with E-state index in [-0.39, 0.29) is 56.5 Å². The largest absolute Gasteiger partial charge is 0.514 e. The van der Waals surface area contributed by atoms with Crippen molar-refractivity contribution in [1.29, 1.82) is 0 Å². The fourth-order valence-electron chi connectivity index (χ4n) is 13.4. The first kappa shape index (κ1) is 35.6. The lowest BCUT2D eigenvalue weighted by Gasteiger charge is -2.63. The number of fused-ring (bicyclic) bond motifs is 4. The number of aliphatic hydroxyl groups excluding tert-OH is 1. The number of non-ortho nitro benzene ring substituents is 1. The topological polar surface area (TPSA) is 155 Å². The maximum Gasteiger partial charge on any atom is 0.514 e. The fourth-order valence-corrected chi connectivity index (χ4v) is 13.4. The number of esters is 1. The zero-order valence-corrected chi connectivity index (χ0v) is 30.8. The van der Waals surface area contributed by atoms with Crippen LogP contribution >= 0.6 is 0 Å². The average molecular weight is 698 g/mol. The quantitative estimate of drug-likeness (QED) is 0.138. The minimum absolute atomic E-state index is 0.0796. The number of benzene rings is 1. The Labute approximate surface area is 294 Å². The number of carbonyl (C=O) groups is 2. The van der Waals surface area contributed by atoms with Crippen molar-refractivity contribution >= 4 is 17.8 Å². The smallest absolute Gasteiger partial charge is 0.457 e. The number of hydrogen-bond donors (Lipinski definition) is 2. The monoisotopic (exact) mass is 697 g/mol. The third-order valence-corrected chi connectivity index (χ3v) is 15.6. The van der Waals surface area contributed by atoms with Crippen molar-refractivity contribution in [3.05, 3.63) is 34.4 Å². The van der Waals surface area contributed by atoms with E-state index in [1.165, 1.54) is 31.2 Å². The molecule has 2 unspecified atom stereocenters. The van der Waals surface area contributed by atoms with Crippen LogP contribution in [0.3, 0.4) is 0 Å². The summed E-state index contributed by atoms with van der Waals surface area (Å²) < 4.78 is 23.9. The van der Waals surface area contributed by atoms with Gasteiger partial charge in [-0.05, 0) is 117 Å². The van der Waals surface area contributed by atoms with Crippen molar-refractivity contribution in [3.8, 4) is 5.75 Å². The van der Waals surface area contributed by atoms with E-state index >= 15 is 0 Å². The van der Waals surface area contributed by atoms with Crippen LogP contribution < -0.4 is 4.74 Å². The summed E-state index contributed by atoms with van der Waals surface area (Å²) in [6.45, 7) is 16.0. The van der Waals surface area contributed by atoms with E-state index in [0.29, 0.717) is 18.3 Å². The van der Waals surface area contributed by atoms with Crippen LogP contribution in [0, 0.1) is 60.9 Å². The maximum atomic E-state index is 13.0. The van der Waals surface area contributed by atoms with Crippen molar-refractivity contribution < 1.29 is 43.7 Å². The van der Waals surface area contributed by atoms with Gasteiger partial charge in [0.05, 0.1) is 28.8 Å². The molecular weight excluding hydrogens is 642 g/mol. The van der Waals surface area contributed by atoms with Gasteiger partial charge in [0, 0.05) is 29.9 Å². The normalized spacial score (nSPS) is 44.6. The van der Waals surface area contributed by atoms with Gasteiger partial charge in [-0.2, -0.15) is 0 Å². The van der Waals surface area contributed by atoms with Crippen LogP contribution in [0.4, 0.5) is 10.5 Å². The predicted octanol–water partition coefficient (Wildman–Crippen LogP) is 6.99. The van der Waals surface area contributed by atoms with Crippen LogP contribution in [0.2, 0.25) is 0 Å². The Morgan fingerprint density at radius 2 is 1.66 bits per heavy atom. The summed E-state index contributed by atoms with van der Waals surface area (Å²) in [6, 6.07) is 5.40. The highest BCUT2D eigenvalue weighted by molar-refractivity contribution is 5.66. The summed E-state index contributed by atoms with van der Waals surface area (Å²) in [7, 11) is 0. The minimum Gasteiger partial charge on any atom is -0.457 e. The number of ether oxygens (including phenoxy) is 4. The second-order valence-corrected chi connectivity index (χ2v) is 18.4. The van der Waals surface area contributed by atoms with Crippen LogP contribution in [0.1, 0.15) is 107 Å². The second kappa shape index (κ2) is 11.4. The summed E-state index contributed by atoms with van der Waals surface area (Å²) >= 11 is 0. The molecule has 2 spiro atoms. The van der Waals surface area contributed by atoms with Gasteiger partial charge in [0.1, 0.15) is 11.9 Å². The molecule has 1 saturated heterocycles. The molecule has 1 aromatic carbocycles. The highest BCUT2D eigenvalue weighted by Gasteiger charge is 2.85. The second-order valence-electron chi connectivity index (χ2n) is 18.4. The summed E-state index contributed by atoms with van der Waals surface area (Å²) in [5.74, 6) is 0.757. The summed E-state index contributed by atoms with van der Waals surface area (Å²) in [6.07, 6.45) is 3.95. The molecule has 50 heavy (non-hydrogen) atoms. The van der Waals surface area contributed by atoms with Gasteiger partial charge in [-0.1, -0.05) is 34.6 Å². The van der Waals surface area contributed by atoms with Gasteiger partial charge in [-0.15, -0.1) is 0 Å². The SMILES string of the molecule is CC(=O)O[C@@H]([C@H]1C[C@@H](C)C2[C@H](O1)[C@H](O)[C@@]1(C)[C@@H]3CC[C@H]4C(C)(C)[C@@H](OC(=O)Oc5ccc([N+](=O)[O-])cc5)CCC45C[C@@]35CC[C@]21C)C(C)(C)O. The van der Waals surface area contributed by atoms with E-state index in [0.717, 1.165) is 44.9 Å². The number of aliphatic hydroxyl groups is 2. The zero-order chi connectivity index (χ0) is 36.4. The Bertz CT molecular complexity index is 1550. The molecule has 5 saturated carbocycles. The number of nitrogens with zero attached hydrogens (tertiary/aromatic N) is 1. The van der Waals surface area contributed by atoms with Crippen molar-refractivity contribution in [2.24, 2.45) is 50.7 Å². The van der Waals surface area contributed by atoms with Crippen LogP contribution in [-0.2, 0) is 19.0 Å². The van der Waals surface area contributed by atoms with E-state index < -0.39 is 47.1 Å². The van der Waals surface area contributed by atoms with Crippen molar-refractivity contribution in [3.63, 3.8) is 0 Å². The number of carbonyl (C=O) groups excluding carboxylic acids is 2. The zero-order valence-electron chi connectivity index (χ0n) is 30.8. The van der Waals surface area contributed by atoms with Crippen LogP contribution in [-0.4, -0.2) is 63.4 Å². The third-order valence-electron chi connectivity index (χ3n) is 15.6. The lowest BCUT2D eigenvalue weighted by atomic mass is 9.41. The van der Waals surface area contributed by atoms with Crippen molar-refractivity contribution in [2.45, 2.75) is 143 Å². The number of hydrogen-bond acceptors (Lipinski definition) is 10. The van der Waals surface area contributed by atoms with Crippen LogP contribution in [0.15, 0.2) is 24.3 Å². The molecule has 2 N–H and O–H groups in total. The standard InChI is InChI=1S/C39H55NO10/c1-21-19-25(32(35(5,6)44)47-22(2)41)49-30-29(21)36(7)17-18-39-20-38(39)16-15-28(50-33(43)48-24-11-9-23(10-12-24)40(45)46)34(3,4)26(38)13-14-27(39)37(36,8)31(30)42/h9-12,21,25-32,42,44H,13-20H2,1-8H3/t21-,25-,26+,27+,28+,29?,30+,31+,32+,36-,37-,38?,39+/m1/s1. The average Bonchev–Trinajstić information content (AvgIpc) is 3.65. The molecule has 6 aliphatic rings. The lowest BCUT2D eigenvalue weighted by Crippen LogP contribution is -2.60. The summed E-state index contributed by atoms with van der Waals surface area (Å²) in [5, 5.41) is 34.5. The number of rotatable bonds is 6. The Morgan fingerprint density at radius 3 is 2.28 bits per heavy atom. The number of nitro benzene ring substituents is 1. The first-order valence-electron chi connectivity index (χ1n) is 18.6. The van der Waals surface area contributed by atoms with E-state index in [2.05, 4.69) is 34.6 Å². The van der Waals surface area contributed by atoms with Crippen molar-refractivity contribution in [1.82, 2.24) is 0 Å². The van der Waals surface area contributed by atoms with Gasteiger partial charge in [0.15, 0.2) is 6.10 Å². The third kappa shape index (κ3) is 4.84. The van der Waals surface area contributed by atoms with Crippen LogP contribution in [0.25, 0.3) is 0 Å². The predicted molar refractivity (Wildman–Crippen MR) is 182 cm³/mol. The molecule has 11 nitrogen and oxygen atoms in total. The van der Waals surface area contributed by atoms with Gasteiger partial charge >= 0.3 is 12.1 Å². The van der Waals surface area contributed by atoms with Gasteiger partial charge in [0.2, 0.25) is 0 Å². The molecule has 1 aliphatic heterocycles. The molecule has 11 heteroatoms. The molecule has 0 aromatic heterocycles. The maximum absolute atomic E-state index is 13.0. The molecule has 13 atom stereocenters. The Hall–Kier alpha value is -2.76. The summed E-state index contributed by atoms with van der Waals surface area (Å²) in [4.78, 5) is 35.5. The van der Waals surface area contributed by atoms with E-state index in [1.54, 1.807) is 13.8 Å². The molecule has 1 aromatic rings. The molecule has 1 heterocycles. The first-order valence-corrected chi connectivity index (χ1v) is 18.6. The Morgan fingerprint density at radius 1 is 1.02 bits per heavy atom. The molecular formula is C39H55NO10. The van der Waals surface area contributed by atoms with E-state index in [4.69, 9.17) is 18.9 Å². The Kier molecular flexibility index (Phi) is 8.10. The van der Waals surface area contributed by atoms with Crippen LogP contribution in [0.5, 0.6) is 5.75 Å². The molecule has 0 amide bonds. The van der Waals surface area contributed by atoms with E-state index in [1.807, 2.05) is 0 Å². The minimum atomic E-state index is -1.30. The van der Waals surface area contributed by atoms with Crippen molar-refractivity contribution in [2.75, 3.05) is 0 Å². The van der Waals surface area contributed by atoms with E-state index in [9.17, 15) is 29.9 Å². The van der Waals surface area contributed by atoms with Gasteiger partial charge in [-0.3, -0.25) is 14.9 Å². The Balaban J connectivity index is 1.10. The van der Waals surface area contributed by atoms with Gasteiger partial charge in [-0.25, -0.2) is 4.79 Å². The first-order chi connectivity index (χ1) is 23.2. The molecule has 6 fully saturated rings. The molecule has 276 valence electrons. The molecule has 5 aliphatic carbocycles. The van der Waals surface area contributed by atoms with Gasteiger partial charge in [0.25, 0.3) is 5.69 Å². The summed E-state index contributed by atoms with van der Waals surface area (Å²) in [5.41, 5.74) is -1.96. The lowest BCUT2D eigenvalue weighted by molar-refractivity contribution is -0.384. The highest BCUT2D eigenvalue weighted by Crippen LogP contribution is 2.89. The van der Waals surface area contributed by atoms with Gasteiger partial charge < -0.3 is 29.2 Å². The number of nitro groups is 1. The molecule has 7 rings (SSSR count). The molecule has 0 radical (unpaired) electrons. The highest BCUT2D eigenvalue weighted by atomic mass is 16.7. The molecule has 0 bridgehead atoms. The fraction of sp³-hybridized carbons (Fsp3) is 0.795.